The van der Waals surface area contributed by atoms with Gasteiger partial charge in [0, 0.05) is 25.2 Å². The Balaban J connectivity index is 1.80. The lowest BCUT2D eigenvalue weighted by Crippen LogP contribution is -2.51. The Kier molecular flexibility index (Phi) is 8.61. The molecule has 0 aromatic heterocycles. The minimum Gasteiger partial charge on any atom is -0.352 e. The normalized spacial score (nSPS) is 36.4. The van der Waals surface area contributed by atoms with Gasteiger partial charge in [0.2, 0.25) is 0 Å². The monoisotopic (exact) mass is 474 g/mol. The number of hydrogen-bond acceptors (Lipinski definition) is 5. The third-order valence-electron chi connectivity index (χ3n) is 9.14. The molecule has 3 aliphatic rings. The highest BCUT2D eigenvalue weighted by Crippen LogP contribution is 2.54. The molecule has 0 amide bonds. The zero-order valence-electron chi connectivity index (χ0n) is 22.4. The summed E-state index contributed by atoms with van der Waals surface area (Å²) in [6.07, 6.45) is 8.80. The van der Waals surface area contributed by atoms with Crippen LogP contribution in [0, 0.1) is 35.0 Å². The van der Waals surface area contributed by atoms with Crippen LogP contribution in [-0.4, -0.2) is 35.8 Å². The molecule has 7 unspecified atom stereocenters. The average molecular weight is 475 g/mol. The van der Waals surface area contributed by atoms with Gasteiger partial charge in [0.1, 0.15) is 17.3 Å². The molecule has 1 saturated heterocycles. The molecule has 192 valence electrons. The van der Waals surface area contributed by atoms with Crippen molar-refractivity contribution < 1.29 is 23.9 Å². The van der Waals surface area contributed by atoms with Crippen LogP contribution in [0.25, 0.3) is 0 Å². The lowest BCUT2D eigenvalue weighted by molar-refractivity contribution is -0.276. The second kappa shape index (κ2) is 10.7. The smallest absolute Gasteiger partial charge is 0.161 e. The Hall–Kier alpha value is -1.33. The number of rotatable bonds is 9. The SMILES string of the molecule is CC(=O)CC1COC(OC(C)(C)C2CCC3(C)CCC=C(C)C3C2)C(CC(C)=O)C1CC(C)=O. The van der Waals surface area contributed by atoms with E-state index in [1.54, 1.807) is 20.8 Å². The van der Waals surface area contributed by atoms with Crippen LogP contribution in [0.3, 0.4) is 0 Å². The first-order valence-corrected chi connectivity index (χ1v) is 13.3. The van der Waals surface area contributed by atoms with Gasteiger partial charge in [0.25, 0.3) is 0 Å². The molecule has 0 N–H and O–H groups in total. The van der Waals surface area contributed by atoms with Gasteiger partial charge in [-0.05, 0) is 103 Å². The molecule has 2 aliphatic carbocycles. The van der Waals surface area contributed by atoms with Crippen LogP contribution in [0.15, 0.2) is 11.6 Å². The van der Waals surface area contributed by atoms with Gasteiger partial charge in [-0.2, -0.15) is 0 Å². The number of carbonyl (C=O) groups excluding carboxylic acids is 3. The Morgan fingerprint density at radius 3 is 2.26 bits per heavy atom. The van der Waals surface area contributed by atoms with E-state index in [9.17, 15) is 14.4 Å². The Bertz CT molecular complexity index is 811. The first-order chi connectivity index (χ1) is 15.8. The molecule has 5 nitrogen and oxygen atoms in total. The summed E-state index contributed by atoms with van der Waals surface area (Å²) in [7, 11) is 0. The summed E-state index contributed by atoms with van der Waals surface area (Å²) in [5.74, 6) is 0.862. The third kappa shape index (κ3) is 6.26. The lowest BCUT2D eigenvalue weighted by atomic mass is 9.56. The number of Topliss-reactive ketones (excluding diaryl/α,β-unsaturated/α-hetero) is 3. The molecular weight excluding hydrogens is 428 g/mol. The van der Waals surface area contributed by atoms with Gasteiger partial charge >= 0.3 is 0 Å². The van der Waals surface area contributed by atoms with Gasteiger partial charge in [-0.1, -0.05) is 18.6 Å². The Morgan fingerprint density at radius 1 is 1.03 bits per heavy atom. The Labute approximate surface area is 206 Å². The molecule has 34 heavy (non-hydrogen) atoms. The first kappa shape index (κ1) is 27.3. The van der Waals surface area contributed by atoms with Crippen LogP contribution in [0.1, 0.15) is 99.8 Å². The molecule has 1 heterocycles. The minimum atomic E-state index is -0.539. The van der Waals surface area contributed by atoms with Crippen molar-refractivity contribution in [2.45, 2.75) is 112 Å². The number of hydrogen-bond donors (Lipinski definition) is 0. The van der Waals surface area contributed by atoms with Gasteiger partial charge in [-0.25, -0.2) is 0 Å². The predicted octanol–water partition coefficient (Wildman–Crippen LogP) is 6.09. The standard InChI is InChI=1S/C29H46O5/c1-18-9-8-11-29(7)12-10-23(16-26(18)29)28(5,6)34-27-25(15-21(4)32)24(14-20(3)31)22(17-33-27)13-19(2)30/h9,22-27H,8,10-17H2,1-7H3. The zero-order valence-corrected chi connectivity index (χ0v) is 22.4. The Morgan fingerprint density at radius 2 is 1.65 bits per heavy atom. The number of allylic oxidation sites excluding steroid dienone is 2. The van der Waals surface area contributed by atoms with Crippen molar-refractivity contribution in [3.63, 3.8) is 0 Å². The molecule has 2 fully saturated rings. The molecule has 0 aromatic rings. The number of fused-ring (bicyclic) bond motifs is 1. The van der Waals surface area contributed by atoms with E-state index in [4.69, 9.17) is 9.47 Å². The molecule has 1 aliphatic heterocycles. The number of ether oxygens (including phenoxy) is 2. The van der Waals surface area contributed by atoms with Gasteiger partial charge in [-0.3, -0.25) is 0 Å². The number of ketones is 3. The molecule has 0 spiro atoms. The minimum absolute atomic E-state index is 0.0564. The quantitative estimate of drug-likeness (QED) is 0.378. The maximum Gasteiger partial charge on any atom is 0.161 e. The molecule has 0 aromatic carbocycles. The van der Waals surface area contributed by atoms with Crippen LogP contribution in [0.5, 0.6) is 0 Å². The van der Waals surface area contributed by atoms with Crippen LogP contribution >= 0.6 is 0 Å². The molecule has 7 atom stereocenters. The highest BCUT2D eigenvalue weighted by molar-refractivity contribution is 5.78. The van der Waals surface area contributed by atoms with Crippen molar-refractivity contribution in [2.75, 3.05) is 6.61 Å². The van der Waals surface area contributed by atoms with Crippen molar-refractivity contribution in [1.82, 2.24) is 0 Å². The summed E-state index contributed by atoms with van der Waals surface area (Å²) in [4.78, 5) is 36.3. The van der Waals surface area contributed by atoms with Crippen molar-refractivity contribution in [2.24, 2.45) is 35.0 Å². The van der Waals surface area contributed by atoms with Crippen LogP contribution < -0.4 is 0 Å². The van der Waals surface area contributed by atoms with Crippen LogP contribution in [0.2, 0.25) is 0 Å². The largest absolute Gasteiger partial charge is 0.352 e. The summed E-state index contributed by atoms with van der Waals surface area (Å²) in [5.41, 5.74) is 1.50. The van der Waals surface area contributed by atoms with E-state index in [1.807, 2.05) is 0 Å². The fraction of sp³-hybridized carbons (Fsp3) is 0.828. The predicted molar refractivity (Wildman–Crippen MR) is 133 cm³/mol. The van der Waals surface area contributed by atoms with Crippen molar-refractivity contribution >= 4 is 17.3 Å². The fourth-order valence-corrected chi connectivity index (χ4v) is 7.15. The lowest BCUT2D eigenvalue weighted by Gasteiger charge is -2.52. The zero-order chi connectivity index (χ0) is 25.3. The summed E-state index contributed by atoms with van der Waals surface area (Å²) in [5, 5.41) is 0. The average Bonchev–Trinajstić information content (AvgIpc) is 2.70. The van der Waals surface area contributed by atoms with Gasteiger partial charge in [0.15, 0.2) is 6.29 Å². The van der Waals surface area contributed by atoms with E-state index in [-0.39, 0.29) is 35.1 Å². The maximum atomic E-state index is 12.2. The highest BCUT2D eigenvalue weighted by Gasteiger charge is 2.49. The highest BCUT2D eigenvalue weighted by atomic mass is 16.7. The van der Waals surface area contributed by atoms with E-state index < -0.39 is 11.9 Å². The van der Waals surface area contributed by atoms with E-state index in [2.05, 4.69) is 33.8 Å². The van der Waals surface area contributed by atoms with E-state index in [0.29, 0.717) is 43.1 Å². The third-order valence-corrected chi connectivity index (χ3v) is 9.14. The van der Waals surface area contributed by atoms with E-state index >= 15 is 0 Å². The molecular formula is C29H46O5. The van der Waals surface area contributed by atoms with Crippen LogP contribution in [-0.2, 0) is 23.9 Å². The fourth-order valence-electron chi connectivity index (χ4n) is 7.15. The molecule has 1 saturated carbocycles. The molecule has 0 bridgehead atoms. The molecule has 3 rings (SSSR count). The maximum absolute atomic E-state index is 12.2. The number of carbonyl (C=O) groups is 3. The van der Waals surface area contributed by atoms with Crippen molar-refractivity contribution in [1.29, 1.82) is 0 Å². The first-order valence-electron chi connectivity index (χ1n) is 13.3. The van der Waals surface area contributed by atoms with Gasteiger partial charge in [0.05, 0.1) is 12.2 Å². The summed E-state index contributed by atoms with van der Waals surface area (Å²) in [6.45, 7) is 14.2. The van der Waals surface area contributed by atoms with Gasteiger partial charge < -0.3 is 23.9 Å². The van der Waals surface area contributed by atoms with Gasteiger partial charge in [-0.15, -0.1) is 0 Å². The molecule has 5 heteroatoms. The topological polar surface area (TPSA) is 69.7 Å². The summed E-state index contributed by atoms with van der Waals surface area (Å²) in [6, 6.07) is 0. The second-order valence-electron chi connectivity index (χ2n) is 12.4. The van der Waals surface area contributed by atoms with E-state index in [1.165, 1.54) is 24.8 Å². The molecule has 0 radical (unpaired) electrons. The second-order valence-corrected chi connectivity index (χ2v) is 12.4. The summed E-state index contributed by atoms with van der Waals surface area (Å²) < 4.78 is 13.0. The van der Waals surface area contributed by atoms with Crippen molar-refractivity contribution in [3.05, 3.63) is 11.6 Å². The summed E-state index contributed by atoms with van der Waals surface area (Å²) >= 11 is 0. The van der Waals surface area contributed by atoms with E-state index in [0.717, 1.165) is 12.8 Å². The van der Waals surface area contributed by atoms with Crippen molar-refractivity contribution in [3.8, 4) is 0 Å². The van der Waals surface area contributed by atoms with Crippen LogP contribution in [0.4, 0.5) is 0 Å².